The number of hydrogen-bond donors (Lipinski definition) is 0. The minimum atomic E-state index is -0.184. The van der Waals surface area contributed by atoms with Crippen LogP contribution in [0.5, 0.6) is 0 Å². The highest BCUT2D eigenvalue weighted by Gasteiger charge is 1.96. The normalized spacial score (nSPS) is 10.8. The Morgan fingerprint density at radius 3 is 1.27 bits per heavy atom. The van der Waals surface area contributed by atoms with Crippen LogP contribution in [0.25, 0.3) is 0 Å². The molecule has 0 aromatic carbocycles. The Balaban J connectivity index is 2.97. The Morgan fingerprint density at radius 1 is 0.636 bits per heavy atom. The number of unbranched alkanes of at least 4 members (excludes halogenated alkanes) is 15. The van der Waals surface area contributed by atoms with E-state index < -0.39 is 0 Å². The molecule has 0 aliphatic heterocycles. The molecule has 0 aromatic rings. The minimum absolute atomic E-state index is 0.184. The molecule has 0 aliphatic carbocycles. The Bertz CT molecular complexity index is 250. The van der Waals surface area contributed by atoms with Gasteiger partial charge in [0, 0.05) is 6.42 Å². The maximum atomic E-state index is 10.6. The summed E-state index contributed by atoms with van der Waals surface area (Å²) in [5.41, 5.74) is 0. The van der Waals surface area contributed by atoms with Gasteiger partial charge in [-0.1, -0.05) is 89.5 Å². The van der Waals surface area contributed by atoms with E-state index in [-0.39, 0.29) is 5.24 Å². The summed E-state index contributed by atoms with van der Waals surface area (Å²) in [6, 6.07) is 0. The molecule has 0 saturated carbocycles. The van der Waals surface area contributed by atoms with Gasteiger partial charge in [-0.05, 0) is 30.9 Å². The largest absolute Gasteiger partial charge is 0.281 e. The fraction of sp³-hybridized carbons (Fsp3) is 0.850. The smallest absolute Gasteiger partial charge is 0.221 e. The summed E-state index contributed by atoms with van der Waals surface area (Å²) >= 11 is 5.31. The van der Waals surface area contributed by atoms with Crippen molar-refractivity contribution < 1.29 is 4.79 Å². The maximum Gasteiger partial charge on any atom is 0.221 e. The summed E-state index contributed by atoms with van der Waals surface area (Å²) in [7, 11) is 0. The monoisotopic (exact) mass is 328 g/mol. The summed E-state index contributed by atoms with van der Waals surface area (Å²) in [5.74, 6) is 0. The van der Waals surface area contributed by atoms with Crippen LogP contribution < -0.4 is 0 Å². The van der Waals surface area contributed by atoms with E-state index in [0.717, 1.165) is 12.8 Å². The quantitative estimate of drug-likeness (QED) is 0.144. The summed E-state index contributed by atoms with van der Waals surface area (Å²) in [5, 5.41) is -0.184. The Hall–Kier alpha value is -0.300. The van der Waals surface area contributed by atoms with Crippen LogP contribution in [0.1, 0.15) is 109 Å². The van der Waals surface area contributed by atoms with Crippen molar-refractivity contribution >= 4 is 16.8 Å². The van der Waals surface area contributed by atoms with E-state index in [1.807, 2.05) is 6.08 Å². The summed E-state index contributed by atoms with van der Waals surface area (Å²) in [6.07, 6.45) is 23.8. The van der Waals surface area contributed by atoms with Crippen LogP contribution in [0.3, 0.4) is 0 Å². The van der Waals surface area contributed by atoms with E-state index in [1.165, 1.54) is 89.9 Å². The molecule has 0 saturated heterocycles. The highest BCUT2D eigenvalue weighted by molar-refractivity contribution is 6.63. The van der Waals surface area contributed by atoms with Crippen molar-refractivity contribution in [2.45, 2.75) is 109 Å². The van der Waals surface area contributed by atoms with Crippen LogP contribution in [0.4, 0.5) is 0 Å². The van der Waals surface area contributed by atoms with Gasteiger partial charge in [0.25, 0.3) is 0 Å². The van der Waals surface area contributed by atoms with Gasteiger partial charge in [0.05, 0.1) is 0 Å². The molecule has 0 unspecified atom stereocenters. The first-order valence-corrected chi connectivity index (χ1v) is 9.94. The van der Waals surface area contributed by atoms with E-state index in [4.69, 9.17) is 11.6 Å². The molecule has 0 amide bonds. The first kappa shape index (κ1) is 21.7. The lowest BCUT2D eigenvalue weighted by molar-refractivity contribution is -0.111. The third-order valence-electron chi connectivity index (χ3n) is 4.28. The predicted octanol–water partition coefficient (Wildman–Crippen LogP) is 7.57. The summed E-state index contributed by atoms with van der Waals surface area (Å²) < 4.78 is 0. The lowest BCUT2D eigenvalue weighted by Gasteiger charge is -2.03. The zero-order valence-electron chi connectivity index (χ0n) is 14.6. The van der Waals surface area contributed by atoms with Crippen molar-refractivity contribution in [3.8, 4) is 0 Å². The molecule has 0 N–H and O–H groups in total. The minimum Gasteiger partial charge on any atom is -0.281 e. The molecule has 22 heavy (non-hydrogen) atoms. The van der Waals surface area contributed by atoms with E-state index >= 15 is 0 Å². The summed E-state index contributed by atoms with van der Waals surface area (Å²) in [6.45, 7) is 3.76. The number of hydrogen-bond acceptors (Lipinski definition) is 1. The van der Waals surface area contributed by atoms with Crippen LogP contribution in [0, 0.1) is 0 Å². The molecule has 0 radical (unpaired) electrons. The fourth-order valence-corrected chi connectivity index (χ4v) is 2.98. The zero-order chi connectivity index (χ0) is 16.3. The zero-order valence-corrected chi connectivity index (χ0v) is 15.3. The molecule has 0 aromatic heterocycles. The molecule has 2 heteroatoms. The number of allylic oxidation sites excluding steroid dienone is 1. The average molecular weight is 329 g/mol. The average Bonchev–Trinajstić information content (AvgIpc) is 2.50. The molecular weight excluding hydrogens is 292 g/mol. The van der Waals surface area contributed by atoms with E-state index in [1.54, 1.807) is 0 Å². The second-order valence-corrected chi connectivity index (χ2v) is 6.91. The van der Waals surface area contributed by atoms with Crippen LogP contribution >= 0.6 is 11.6 Å². The van der Waals surface area contributed by atoms with E-state index in [2.05, 4.69) is 6.58 Å². The van der Waals surface area contributed by atoms with E-state index in [0.29, 0.717) is 6.42 Å². The molecular formula is C20H37ClO. The number of rotatable bonds is 18. The second kappa shape index (κ2) is 18.7. The highest BCUT2D eigenvalue weighted by Crippen LogP contribution is 2.14. The number of carbonyl (C=O) groups excluding carboxylic acids is 1. The van der Waals surface area contributed by atoms with Crippen LogP contribution in [-0.4, -0.2) is 5.24 Å². The van der Waals surface area contributed by atoms with Gasteiger partial charge in [-0.15, -0.1) is 6.58 Å². The topological polar surface area (TPSA) is 17.1 Å². The molecule has 0 bridgehead atoms. The maximum absolute atomic E-state index is 10.6. The van der Waals surface area contributed by atoms with Gasteiger partial charge in [0.15, 0.2) is 0 Å². The van der Waals surface area contributed by atoms with Crippen molar-refractivity contribution in [3.05, 3.63) is 12.7 Å². The second-order valence-electron chi connectivity index (χ2n) is 6.49. The van der Waals surface area contributed by atoms with Crippen molar-refractivity contribution in [3.63, 3.8) is 0 Å². The van der Waals surface area contributed by atoms with Gasteiger partial charge in [0.1, 0.15) is 0 Å². The van der Waals surface area contributed by atoms with Crippen molar-refractivity contribution in [1.29, 1.82) is 0 Å². The van der Waals surface area contributed by atoms with Gasteiger partial charge in [0.2, 0.25) is 5.24 Å². The third-order valence-corrected chi connectivity index (χ3v) is 4.47. The lowest BCUT2D eigenvalue weighted by atomic mass is 10.0. The molecule has 130 valence electrons. The first-order chi connectivity index (χ1) is 10.8. The Morgan fingerprint density at radius 2 is 0.955 bits per heavy atom. The van der Waals surface area contributed by atoms with Gasteiger partial charge in [-0.3, -0.25) is 4.79 Å². The SMILES string of the molecule is C=CCCCCCCCCCCCCCCCCCC(=O)Cl. The standard InChI is InChI=1S/C20H37ClO/c1-2-3-4-5-6-7-8-9-10-11-12-13-14-15-16-17-18-19-20(21)22/h2H,1,3-19H2. The molecule has 0 heterocycles. The first-order valence-electron chi connectivity index (χ1n) is 9.56. The molecule has 0 atom stereocenters. The van der Waals surface area contributed by atoms with Crippen molar-refractivity contribution in [2.24, 2.45) is 0 Å². The van der Waals surface area contributed by atoms with Crippen LogP contribution in [-0.2, 0) is 4.79 Å². The fourth-order valence-electron chi connectivity index (χ4n) is 2.85. The van der Waals surface area contributed by atoms with E-state index in [9.17, 15) is 4.79 Å². The van der Waals surface area contributed by atoms with Crippen molar-refractivity contribution in [2.75, 3.05) is 0 Å². The molecule has 0 fully saturated rings. The predicted molar refractivity (Wildman–Crippen MR) is 99.5 cm³/mol. The third kappa shape index (κ3) is 19.7. The molecule has 1 nitrogen and oxygen atoms in total. The number of carbonyl (C=O) groups is 1. The summed E-state index contributed by atoms with van der Waals surface area (Å²) in [4.78, 5) is 10.6. The number of halogens is 1. The van der Waals surface area contributed by atoms with Crippen LogP contribution in [0.15, 0.2) is 12.7 Å². The lowest BCUT2D eigenvalue weighted by Crippen LogP contribution is -1.86. The van der Waals surface area contributed by atoms with Crippen molar-refractivity contribution in [1.82, 2.24) is 0 Å². The molecule has 0 rings (SSSR count). The van der Waals surface area contributed by atoms with Crippen LogP contribution in [0.2, 0.25) is 0 Å². The Labute approximate surface area is 143 Å². The molecule has 0 spiro atoms. The highest BCUT2D eigenvalue weighted by atomic mass is 35.5. The van der Waals surface area contributed by atoms with Gasteiger partial charge >= 0.3 is 0 Å². The molecule has 0 aliphatic rings. The Kier molecular flexibility index (Phi) is 18.5. The van der Waals surface area contributed by atoms with Gasteiger partial charge < -0.3 is 0 Å². The van der Waals surface area contributed by atoms with Gasteiger partial charge in [-0.25, -0.2) is 0 Å². The van der Waals surface area contributed by atoms with Gasteiger partial charge in [-0.2, -0.15) is 0 Å².